The van der Waals surface area contributed by atoms with Crippen LogP contribution in [0.3, 0.4) is 0 Å². The summed E-state index contributed by atoms with van der Waals surface area (Å²) in [5.41, 5.74) is 0. The quantitative estimate of drug-likeness (QED) is 0.485. The fraction of sp³-hybridized carbons (Fsp3) is 1.00. The predicted octanol–water partition coefficient (Wildman–Crippen LogP) is 1.37. The summed E-state index contributed by atoms with van der Waals surface area (Å²) in [6.07, 6.45) is 1.34. The molecule has 2 unspecified atom stereocenters. The average molecular weight is 129 g/mol. The molecule has 1 rings (SSSR count). The van der Waals surface area contributed by atoms with Gasteiger partial charge in [-0.1, -0.05) is 0 Å². The molecule has 0 bridgehead atoms. The zero-order valence-electron chi connectivity index (χ0n) is 5.96. The van der Waals surface area contributed by atoms with Crippen LogP contribution in [0.15, 0.2) is 0 Å². The van der Waals surface area contributed by atoms with E-state index in [0.717, 1.165) is 0 Å². The van der Waals surface area contributed by atoms with Crippen LogP contribution in [0.1, 0.15) is 26.7 Å². The Bertz CT molecular complexity index is 67.9. The fourth-order valence-corrected chi connectivity index (χ4v) is 1.34. The molecule has 1 aliphatic heterocycles. The second kappa shape index (κ2) is 2.67. The van der Waals surface area contributed by atoms with Crippen LogP contribution in [0.25, 0.3) is 0 Å². The van der Waals surface area contributed by atoms with Crippen molar-refractivity contribution in [3.05, 3.63) is 0 Å². The zero-order valence-corrected chi connectivity index (χ0v) is 5.96. The average Bonchev–Trinajstić information content (AvgIpc) is 1.59. The molecule has 2 nitrogen and oxygen atoms in total. The summed E-state index contributed by atoms with van der Waals surface area (Å²) < 4.78 is 5.36. The van der Waals surface area contributed by atoms with Crippen molar-refractivity contribution in [2.45, 2.75) is 45.0 Å². The highest BCUT2D eigenvalue weighted by Crippen LogP contribution is 2.18. The maximum Gasteiger partial charge on any atom is 0.0979 e. The van der Waals surface area contributed by atoms with Gasteiger partial charge in [-0.3, -0.25) is 0 Å². The Morgan fingerprint density at radius 1 is 1.22 bits per heavy atom. The Labute approximate surface area is 55.8 Å². The van der Waals surface area contributed by atoms with Gasteiger partial charge in [-0.2, -0.15) is 0 Å². The third-order valence-electron chi connectivity index (χ3n) is 1.65. The van der Waals surface area contributed by atoms with Crippen LogP contribution < -0.4 is 0 Å². The third-order valence-corrected chi connectivity index (χ3v) is 1.65. The minimum absolute atomic E-state index is 0.177. The molecular weight excluding hydrogens is 116 g/mol. The first-order chi connectivity index (χ1) is 4.18. The van der Waals surface area contributed by atoms with Gasteiger partial charge in [0.2, 0.25) is 0 Å². The first kappa shape index (κ1) is 7.03. The highest BCUT2D eigenvalue weighted by molar-refractivity contribution is 4.71. The molecule has 1 radical (unpaired) electrons. The van der Waals surface area contributed by atoms with E-state index in [1.165, 1.54) is 0 Å². The van der Waals surface area contributed by atoms with Gasteiger partial charge < -0.3 is 4.74 Å². The van der Waals surface area contributed by atoms with Crippen molar-refractivity contribution >= 4 is 0 Å². The maximum absolute atomic E-state index is 10.9. The first-order valence-electron chi connectivity index (χ1n) is 3.49. The Morgan fingerprint density at radius 3 is 2.00 bits per heavy atom. The lowest BCUT2D eigenvalue weighted by Gasteiger charge is -2.27. The molecule has 2 heteroatoms. The monoisotopic (exact) mass is 129 g/mol. The van der Waals surface area contributed by atoms with E-state index in [1.54, 1.807) is 0 Å². The Morgan fingerprint density at radius 2 is 1.67 bits per heavy atom. The van der Waals surface area contributed by atoms with Crippen molar-refractivity contribution in [2.75, 3.05) is 0 Å². The van der Waals surface area contributed by atoms with E-state index < -0.39 is 0 Å². The summed E-state index contributed by atoms with van der Waals surface area (Å²) in [6.45, 7) is 3.92. The van der Waals surface area contributed by atoms with Gasteiger partial charge in [0.15, 0.2) is 0 Å². The van der Waals surface area contributed by atoms with E-state index in [9.17, 15) is 5.11 Å². The molecule has 0 aromatic rings. The number of hydrogen-bond donors (Lipinski definition) is 0. The molecule has 0 saturated carbocycles. The van der Waals surface area contributed by atoms with Crippen molar-refractivity contribution in [3.8, 4) is 0 Å². The summed E-state index contributed by atoms with van der Waals surface area (Å²) >= 11 is 0. The molecule has 0 aliphatic carbocycles. The van der Waals surface area contributed by atoms with Gasteiger partial charge in [-0.25, -0.2) is 5.11 Å². The summed E-state index contributed by atoms with van der Waals surface area (Å²) in [6, 6.07) is 0. The van der Waals surface area contributed by atoms with Crippen LogP contribution in [0.5, 0.6) is 0 Å². The Hall–Kier alpha value is -0.0800. The molecule has 0 amide bonds. The second-order valence-corrected chi connectivity index (χ2v) is 2.85. The Balaban J connectivity index is 2.34. The Kier molecular flexibility index (Phi) is 2.09. The van der Waals surface area contributed by atoms with Crippen molar-refractivity contribution in [1.29, 1.82) is 0 Å². The van der Waals surface area contributed by atoms with Crippen molar-refractivity contribution in [3.63, 3.8) is 0 Å². The molecule has 1 saturated heterocycles. The van der Waals surface area contributed by atoms with Crippen LogP contribution in [-0.4, -0.2) is 18.3 Å². The lowest BCUT2D eigenvalue weighted by Crippen LogP contribution is -2.31. The topological polar surface area (TPSA) is 29.1 Å². The molecule has 1 aliphatic rings. The molecule has 0 spiro atoms. The summed E-state index contributed by atoms with van der Waals surface area (Å²) in [5.74, 6) is 0. The molecule has 0 aromatic carbocycles. The lowest BCUT2D eigenvalue weighted by atomic mass is 10.0. The summed E-state index contributed by atoms with van der Waals surface area (Å²) in [7, 11) is 0. The third kappa shape index (κ3) is 1.95. The van der Waals surface area contributed by atoms with Gasteiger partial charge in [0.05, 0.1) is 18.3 Å². The largest absolute Gasteiger partial charge is 0.375 e. The van der Waals surface area contributed by atoms with Crippen LogP contribution in [-0.2, 0) is 9.84 Å². The lowest BCUT2D eigenvalue weighted by molar-refractivity contribution is -0.0981. The van der Waals surface area contributed by atoms with Crippen LogP contribution in [0, 0.1) is 0 Å². The molecule has 0 N–H and O–H groups in total. The number of hydrogen-bond acceptors (Lipinski definition) is 1. The van der Waals surface area contributed by atoms with E-state index >= 15 is 0 Å². The van der Waals surface area contributed by atoms with Gasteiger partial charge in [-0.05, 0) is 13.8 Å². The van der Waals surface area contributed by atoms with Gasteiger partial charge in [0.1, 0.15) is 0 Å². The SMILES string of the molecule is CC1CC([O])CC(C)O1. The van der Waals surface area contributed by atoms with E-state index in [-0.39, 0.29) is 18.3 Å². The predicted molar refractivity (Wildman–Crippen MR) is 33.7 cm³/mol. The molecule has 1 fully saturated rings. The molecule has 9 heavy (non-hydrogen) atoms. The molecule has 0 aromatic heterocycles. The summed E-state index contributed by atoms with van der Waals surface area (Å²) in [4.78, 5) is 0. The molecular formula is C7H13O2. The molecule has 53 valence electrons. The maximum atomic E-state index is 10.9. The number of ether oxygens (including phenoxy) is 1. The van der Waals surface area contributed by atoms with Gasteiger partial charge >= 0.3 is 0 Å². The van der Waals surface area contributed by atoms with Crippen LogP contribution in [0.4, 0.5) is 0 Å². The minimum Gasteiger partial charge on any atom is -0.375 e. The molecule has 1 heterocycles. The highest BCUT2D eigenvalue weighted by Gasteiger charge is 2.23. The van der Waals surface area contributed by atoms with E-state index in [1.807, 2.05) is 13.8 Å². The number of rotatable bonds is 0. The minimum atomic E-state index is -0.385. The van der Waals surface area contributed by atoms with E-state index in [0.29, 0.717) is 12.8 Å². The normalized spacial score (nSPS) is 45.0. The van der Waals surface area contributed by atoms with Crippen molar-refractivity contribution in [2.24, 2.45) is 0 Å². The second-order valence-electron chi connectivity index (χ2n) is 2.85. The van der Waals surface area contributed by atoms with Gasteiger partial charge in [-0.15, -0.1) is 0 Å². The van der Waals surface area contributed by atoms with Crippen molar-refractivity contribution in [1.82, 2.24) is 0 Å². The summed E-state index contributed by atoms with van der Waals surface area (Å²) in [5, 5.41) is 10.9. The van der Waals surface area contributed by atoms with Crippen LogP contribution in [0.2, 0.25) is 0 Å². The van der Waals surface area contributed by atoms with E-state index in [4.69, 9.17) is 4.74 Å². The zero-order chi connectivity index (χ0) is 6.85. The van der Waals surface area contributed by atoms with Gasteiger partial charge in [0.25, 0.3) is 0 Å². The van der Waals surface area contributed by atoms with E-state index in [2.05, 4.69) is 0 Å². The standard InChI is InChI=1S/C7H13O2/c1-5-3-7(8)4-6(2)9-5/h5-7H,3-4H2,1-2H3. The van der Waals surface area contributed by atoms with Crippen molar-refractivity contribution < 1.29 is 9.84 Å². The van der Waals surface area contributed by atoms with Crippen LogP contribution >= 0.6 is 0 Å². The fourth-order valence-electron chi connectivity index (χ4n) is 1.34. The highest BCUT2D eigenvalue weighted by atomic mass is 16.5. The first-order valence-corrected chi connectivity index (χ1v) is 3.49. The molecule has 2 atom stereocenters. The smallest absolute Gasteiger partial charge is 0.0979 e. The van der Waals surface area contributed by atoms with Gasteiger partial charge in [0, 0.05) is 12.8 Å².